The van der Waals surface area contributed by atoms with Crippen LogP contribution in [0.3, 0.4) is 0 Å². The summed E-state index contributed by atoms with van der Waals surface area (Å²) in [4.78, 5) is 25.5. The lowest BCUT2D eigenvalue weighted by Crippen LogP contribution is -3.11. The van der Waals surface area contributed by atoms with E-state index in [4.69, 9.17) is 4.42 Å². The maximum absolute atomic E-state index is 12.1. The van der Waals surface area contributed by atoms with Crippen molar-refractivity contribution in [2.75, 3.05) is 26.2 Å². The van der Waals surface area contributed by atoms with E-state index in [-0.39, 0.29) is 24.4 Å². The van der Waals surface area contributed by atoms with Crippen molar-refractivity contribution in [2.24, 2.45) is 0 Å². The molecule has 132 valence electrons. The van der Waals surface area contributed by atoms with Crippen molar-refractivity contribution in [2.45, 2.75) is 18.9 Å². The van der Waals surface area contributed by atoms with Crippen LogP contribution in [-0.4, -0.2) is 38.0 Å². The maximum Gasteiger partial charge on any atom is 0.251 e. The SMILES string of the molecule is O=C(CNC(=O)c1ccccc1)NC[C@@H](c1ccco1)[NH+]1CCCC1. The van der Waals surface area contributed by atoms with Gasteiger partial charge in [0.15, 0.2) is 11.8 Å². The topological polar surface area (TPSA) is 75.8 Å². The Morgan fingerprint density at radius 3 is 2.48 bits per heavy atom. The number of rotatable bonds is 7. The van der Waals surface area contributed by atoms with Crippen molar-refractivity contribution in [3.63, 3.8) is 0 Å². The summed E-state index contributed by atoms with van der Waals surface area (Å²) in [5.41, 5.74) is 0.547. The third kappa shape index (κ3) is 4.70. The van der Waals surface area contributed by atoms with Gasteiger partial charge in [0.2, 0.25) is 5.91 Å². The Labute approximate surface area is 147 Å². The summed E-state index contributed by atoms with van der Waals surface area (Å²) in [5.74, 6) is 0.452. The molecule has 0 saturated carbocycles. The van der Waals surface area contributed by atoms with Gasteiger partial charge >= 0.3 is 0 Å². The highest BCUT2D eigenvalue weighted by Gasteiger charge is 2.29. The molecule has 1 atom stereocenters. The van der Waals surface area contributed by atoms with E-state index in [9.17, 15) is 9.59 Å². The van der Waals surface area contributed by atoms with E-state index >= 15 is 0 Å². The van der Waals surface area contributed by atoms with Crippen molar-refractivity contribution in [3.05, 3.63) is 60.1 Å². The molecule has 25 heavy (non-hydrogen) atoms. The summed E-state index contributed by atoms with van der Waals surface area (Å²) in [6.07, 6.45) is 4.07. The van der Waals surface area contributed by atoms with Gasteiger partial charge in [0.05, 0.1) is 32.4 Å². The van der Waals surface area contributed by atoms with Gasteiger partial charge in [-0.15, -0.1) is 0 Å². The predicted octanol–water partition coefficient (Wildman–Crippen LogP) is 0.546. The fourth-order valence-electron chi connectivity index (χ4n) is 3.24. The molecule has 1 aromatic heterocycles. The quantitative estimate of drug-likeness (QED) is 0.688. The van der Waals surface area contributed by atoms with Crippen molar-refractivity contribution < 1.29 is 18.9 Å². The second kappa shape index (κ2) is 8.48. The first-order valence-corrected chi connectivity index (χ1v) is 8.72. The van der Waals surface area contributed by atoms with Gasteiger partial charge in [0.1, 0.15) is 0 Å². The number of carbonyl (C=O) groups excluding carboxylic acids is 2. The molecule has 2 aromatic rings. The van der Waals surface area contributed by atoms with Gasteiger partial charge in [-0.3, -0.25) is 9.59 Å². The Bertz CT molecular complexity index is 679. The minimum atomic E-state index is -0.247. The van der Waals surface area contributed by atoms with Crippen LogP contribution in [0.2, 0.25) is 0 Å². The molecular formula is C19H24N3O3+. The molecule has 2 amide bonds. The number of amides is 2. The van der Waals surface area contributed by atoms with Crippen LogP contribution in [-0.2, 0) is 4.79 Å². The number of quaternary nitrogens is 1. The molecule has 0 bridgehead atoms. The molecule has 2 heterocycles. The van der Waals surface area contributed by atoms with Crippen molar-refractivity contribution in [1.29, 1.82) is 0 Å². The Morgan fingerprint density at radius 2 is 1.80 bits per heavy atom. The normalized spacial score (nSPS) is 15.7. The Kier molecular flexibility index (Phi) is 5.85. The standard InChI is InChI=1S/C19H23N3O3/c23-18(14-21-19(24)15-7-2-1-3-8-15)20-13-16(17-9-6-12-25-17)22-10-4-5-11-22/h1-3,6-9,12,16H,4-5,10-11,13-14H2,(H,20,23)(H,21,24)/p+1/t16-/m0/s1. The lowest BCUT2D eigenvalue weighted by molar-refractivity contribution is -0.919. The molecule has 0 aliphatic carbocycles. The zero-order valence-electron chi connectivity index (χ0n) is 14.2. The van der Waals surface area contributed by atoms with Crippen LogP contribution >= 0.6 is 0 Å². The molecule has 0 unspecified atom stereocenters. The zero-order valence-corrected chi connectivity index (χ0v) is 14.2. The van der Waals surface area contributed by atoms with Crippen LogP contribution in [0.1, 0.15) is 35.0 Å². The van der Waals surface area contributed by atoms with Gasteiger partial charge < -0.3 is 20.0 Å². The number of hydrogen-bond donors (Lipinski definition) is 3. The fourth-order valence-corrected chi connectivity index (χ4v) is 3.24. The number of hydrogen-bond acceptors (Lipinski definition) is 3. The van der Waals surface area contributed by atoms with Crippen LogP contribution < -0.4 is 15.5 Å². The zero-order chi connectivity index (χ0) is 17.5. The van der Waals surface area contributed by atoms with Gasteiger partial charge in [-0.2, -0.15) is 0 Å². The minimum absolute atomic E-state index is 0.0338. The number of likely N-dealkylation sites (tertiary alicyclic amines) is 1. The molecule has 6 heteroatoms. The highest BCUT2D eigenvalue weighted by Crippen LogP contribution is 2.11. The van der Waals surface area contributed by atoms with Crippen LogP contribution in [0.25, 0.3) is 0 Å². The lowest BCUT2D eigenvalue weighted by atomic mass is 10.2. The Balaban J connectivity index is 1.49. The van der Waals surface area contributed by atoms with Crippen LogP contribution in [0.5, 0.6) is 0 Å². The van der Waals surface area contributed by atoms with Gasteiger partial charge in [0.25, 0.3) is 5.91 Å². The first-order chi connectivity index (χ1) is 12.2. The van der Waals surface area contributed by atoms with Gasteiger partial charge in [-0.25, -0.2) is 0 Å². The van der Waals surface area contributed by atoms with Crippen molar-refractivity contribution in [1.82, 2.24) is 10.6 Å². The van der Waals surface area contributed by atoms with Crippen molar-refractivity contribution >= 4 is 11.8 Å². The molecule has 0 spiro atoms. The average molecular weight is 342 g/mol. The van der Waals surface area contributed by atoms with E-state index in [0.29, 0.717) is 12.1 Å². The number of nitrogens with one attached hydrogen (secondary N) is 3. The van der Waals surface area contributed by atoms with Crippen molar-refractivity contribution in [3.8, 4) is 0 Å². The highest BCUT2D eigenvalue weighted by molar-refractivity contribution is 5.96. The van der Waals surface area contributed by atoms with E-state index in [1.807, 2.05) is 18.2 Å². The predicted molar refractivity (Wildman–Crippen MR) is 93.2 cm³/mol. The average Bonchev–Trinajstić information content (AvgIpc) is 3.35. The van der Waals surface area contributed by atoms with Gasteiger partial charge in [-0.05, 0) is 24.3 Å². The second-order valence-corrected chi connectivity index (χ2v) is 6.29. The fraction of sp³-hybridized carbons (Fsp3) is 0.368. The number of benzene rings is 1. The largest absolute Gasteiger partial charge is 0.463 e. The molecule has 3 rings (SSSR count). The van der Waals surface area contributed by atoms with E-state index in [2.05, 4.69) is 10.6 Å². The molecule has 3 N–H and O–H groups in total. The van der Waals surface area contributed by atoms with Crippen LogP contribution in [0.15, 0.2) is 53.1 Å². The summed E-state index contributed by atoms with van der Waals surface area (Å²) in [7, 11) is 0. The Morgan fingerprint density at radius 1 is 1.04 bits per heavy atom. The van der Waals surface area contributed by atoms with E-state index < -0.39 is 0 Å². The monoisotopic (exact) mass is 342 g/mol. The summed E-state index contributed by atoms with van der Waals surface area (Å²) < 4.78 is 5.55. The summed E-state index contributed by atoms with van der Waals surface area (Å²) in [6, 6.07) is 12.8. The summed E-state index contributed by atoms with van der Waals surface area (Å²) >= 11 is 0. The first-order valence-electron chi connectivity index (χ1n) is 8.72. The van der Waals surface area contributed by atoms with Crippen LogP contribution in [0, 0.1) is 0 Å². The van der Waals surface area contributed by atoms with Crippen LogP contribution in [0.4, 0.5) is 0 Å². The van der Waals surface area contributed by atoms with E-state index in [1.165, 1.54) is 17.7 Å². The van der Waals surface area contributed by atoms with Gasteiger partial charge in [0, 0.05) is 18.4 Å². The lowest BCUT2D eigenvalue weighted by Gasteiger charge is -2.23. The smallest absolute Gasteiger partial charge is 0.251 e. The first kappa shape index (κ1) is 17.2. The van der Waals surface area contributed by atoms with Gasteiger partial charge in [-0.1, -0.05) is 18.2 Å². The number of furan rings is 1. The summed E-state index contributed by atoms with van der Waals surface area (Å²) in [6.45, 7) is 2.65. The molecule has 1 saturated heterocycles. The summed E-state index contributed by atoms with van der Waals surface area (Å²) in [5, 5.41) is 5.57. The molecule has 6 nitrogen and oxygen atoms in total. The molecule has 1 aliphatic rings. The van der Waals surface area contributed by atoms with E-state index in [0.717, 1.165) is 18.8 Å². The third-order valence-electron chi connectivity index (χ3n) is 4.57. The Hall–Kier alpha value is -2.60. The molecule has 1 fully saturated rings. The highest BCUT2D eigenvalue weighted by atomic mass is 16.3. The second-order valence-electron chi connectivity index (χ2n) is 6.29. The minimum Gasteiger partial charge on any atom is -0.463 e. The molecule has 1 aliphatic heterocycles. The molecular weight excluding hydrogens is 318 g/mol. The number of carbonyl (C=O) groups is 2. The van der Waals surface area contributed by atoms with E-state index in [1.54, 1.807) is 30.5 Å². The third-order valence-corrected chi connectivity index (χ3v) is 4.57. The maximum atomic E-state index is 12.1. The molecule has 1 aromatic carbocycles. The molecule has 0 radical (unpaired) electrons.